The first-order valence-corrected chi connectivity index (χ1v) is 6.44. The maximum atomic E-state index is 12.4. The number of fused-ring (bicyclic) bond motifs is 1. The van der Waals surface area contributed by atoms with Gasteiger partial charge in [-0.25, -0.2) is 4.98 Å². The fourth-order valence-electron chi connectivity index (χ4n) is 2.08. The minimum atomic E-state index is -0.574. The highest BCUT2D eigenvalue weighted by molar-refractivity contribution is 5.92. The molecule has 1 aromatic heterocycles. The lowest BCUT2D eigenvalue weighted by Gasteiger charge is -2.14. The molecule has 3 rings (SSSR count). The van der Waals surface area contributed by atoms with Gasteiger partial charge in [0.1, 0.15) is 12.1 Å². The third-order valence-electron chi connectivity index (χ3n) is 3.09. The van der Waals surface area contributed by atoms with Crippen LogP contribution in [0.5, 0.6) is 5.75 Å². The Morgan fingerprint density at radius 1 is 1.10 bits per heavy atom. The van der Waals surface area contributed by atoms with E-state index in [1.807, 2.05) is 54.6 Å². The highest BCUT2D eigenvalue weighted by atomic mass is 16.5. The molecule has 0 bridgehead atoms. The third-order valence-corrected chi connectivity index (χ3v) is 3.09. The largest absolute Gasteiger partial charge is 0.481 e. The van der Waals surface area contributed by atoms with Crippen molar-refractivity contribution < 1.29 is 9.53 Å². The molecular weight excluding hydrogens is 252 g/mol. The van der Waals surface area contributed by atoms with Crippen molar-refractivity contribution in [3.8, 4) is 5.75 Å². The topological polar surface area (TPSA) is 44.1 Å². The van der Waals surface area contributed by atoms with E-state index in [0.29, 0.717) is 5.75 Å². The molecule has 0 aliphatic carbocycles. The first kappa shape index (κ1) is 12.4. The summed E-state index contributed by atoms with van der Waals surface area (Å²) in [5.41, 5.74) is 1.59. The number of carbonyl (C=O) groups is 1. The van der Waals surface area contributed by atoms with Crippen LogP contribution in [0.2, 0.25) is 0 Å². The number of para-hydroxylation sites is 3. The number of hydrogen-bond acceptors (Lipinski definition) is 3. The SMILES string of the molecule is CC(Oc1ccccc1)C(=O)n1cnc2ccccc21. The highest BCUT2D eigenvalue weighted by Crippen LogP contribution is 2.15. The third kappa shape index (κ3) is 2.28. The average molecular weight is 266 g/mol. The van der Waals surface area contributed by atoms with E-state index in [1.165, 1.54) is 10.9 Å². The molecule has 1 heterocycles. The second-order valence-electron chi connectivity index (χ2n) is 4.51. The summed E-state index contributed by atoms with van der Waals surface area (Å²) in [7, 11) is 0. The Labute approximate surface area is 116 Å². The van der Waals surface area contributed by atoms with Crippen molar-refractivity contribution >= 4 is 16.9 Å². The molecule has 0 saturated carbocycles. The second-order valence-corrected chi connectivity index (χ2v) is 4.51. The number of aromatic nitrogens is 2. The molecule has 0 amide bonds. The lowest BCUT2D eigenvalue weighted by atomic mass is 10.3. The zero-order chi connectivity index (χ0) is 13.9. The van der Waals surface area contributed by atoms with Crippen molar-refractivity contribution in [1.29, 1.82) is 0 Å². The number of imidazole rings is 1. The van der Waals surface area contributed by atoms with Gasteiger partial charge >= 0.3 is 0 Å². The molecule has 0 aliphatic heterocycles. The van der Waals surface area contributed by atoms with Gasteiger partial charge in [-0.15, -0.1) is 0 Å². The van der Waals surface area contributed by atoms with Crippen LogP contribution in [0.3, 0.4) is 0 Å². The molecule has 0 aliphatic rings. The molecule has 0 spiro atoms. The standard InChI is InChI=1S/C16H14N2O2/c1-12(20-13-7-3-2-4-8-13)16(19)18-11-17-14-9-5-6-10-15(14)18/h2-12H,1H3. The summed E-state index contributed by atoms with van der Waals surface area (Å²) >= 11 is 0. The van der Waals surface area contributed by atoms with Gasteiger partial charge in [0.15, 0.2) is 6.10 Å². The molecule has 20 heavy (non-hydrogen) atoms. The fourth-order valence-corrected chi connectivity index (χ4v) is 2.08. The van der Waals surface area contributed by atoms with Crippen LogP contribution in [0.1, 0.15) is 11.7 Å². The minimum Gasteiger partial charge on any atom is -0.481 e. The van der Waals surface area contributed by atoms with Crippen LogP contribution in [-0.2, 0) is 0 Å². The van der Waals surface area contributed by atoms with Gasteiger partial charge in [-0.1, -0.05) is 30.3 Å². The summed E-state index contributed by atoms with van der Waals surface area (Å²) in [6.45, 7) is 1.74. The molecule has 0 fully saturated rings. The number of benzene rings is 2. The first-order valence-electron chi connectivity index (χ1n) is 6.44. The monoisotopic (exact) mass is 266 g/mol. The summed E-state index contributed by atoms with van der Waals surface area (Å²) in [4.78, 5) is 16.6. The molecule has 3 aromatic rings. The Balaban J connectivity index is 1.85. The molecule has 0 N–H and O–H groups in total. The van der Waals surface area contributed by atoms with Crippen LogP contribution in [0.4, 0.5) is 0 Å². The quantitative estimate of drug-likeness (QED) is 0.731. The summed E-state index contributed by atoms with van der Waals surface area (Å²) in [6, 6.07) is 16.8. The van der Waals surface area contributed by atoms with E-state index in [1.54, 1.807) is 6.92 Å². The molecule has 100 valence electrons. The highest BCUT2D eigenvalue weighted by Gasteiger charge is 2.18. The number of hydrogen-bond donors (Lipinski definition) is 0. The van der Waals surface area contributed by atoms with Gasteiger partial charge in [-0.2, -0.15) is 0 Å². The van der Waals surface area contributed by atoms with Crippen molar-refractivity contribution in [2.24, 2.45) is 0 Å². The number of carbonyl (C=O) groups excluding carboxylic acids is 1. The van der Waals surface area contributed by atoms with Gasteiger partial charge in [0, 0.05) is 0 Å². The lowest BCUT2D eigenvalue weighted by molar-refractivity contribution is 0.0733. The van der Waals surface area contributed by atoms with Gasteiger partial charge in [0.05, 0.1) is 11.0 Å². The van der Waals surface area contributed by atoms with Gasteiger partial charge in [-0.05, 0) is 31.2 Å². The lowest BCUT2D eigenvalue weighted by Crippen LogP contribution is -2.28. The van der Waals surface area contributed by atoms with E-state index in [-0.39, 0.29) is 5.91 Å². The van der Waals surface area contributed by atoms with Crippen LogP contribution in [0.15, 0.2) is 60.9 Å². The van der Waals surface area contributed by atoms with Crippen molar-refractivity contribution in [2.75, 3.05) is 0 Å². The van der Waals surface area contributed by atoms with Crippen molar-refractivity contribution in [1.82, 2.24) is 9.55 Å². The van der Waals surface area contributed by atoms with Crippen LogP contribution < -0.4 is 4.74 Å². The fraction of sp³-hybridized carbons (Fsp3) is 0.125. The summed E-state index contributed by atoms with van der Waals surface area (Å²) in [6.07, 6.45) is 0.965. The number of ether oxygens (including phenoxy) is 1. The number of rotatable bonds is 3. The van der Waals surface area contributed by atoms with E-state index in [0.717, 1.165) is 11.0 Å². The average Bonchev–Trinajstić information content (AvgIpc) is 2.91. The maximum Gasteiger partial charge on any atom is 0.273 e. The van der Waals surface area contributed by atoms with Gasteiger partial charge < -0.3 is 4.74 Å². The molecular formula is C16H14N2O2. The Kier molecular flexibility index (Phi) is 3.21. The molecule has 0 radical (unpaired) electrons. The van der Waals surface area contributed by atoms with Gasteiger partial charge in [-0.3, -0.25) is 9.36 Å². The molecule has 0 saturated heterocycles. The van der Waals surface area contributed by atoms with Crippen LogP contribution in [-0.4, -0.2) is 21.6 Å². The van der Waals surface area contributed by atoms with Crippen molar-refractivity contribution in [3.63, 3.8) is 0 Å². The van der Waals surface area contributed by atoms with Crippen molar-refractivity contribution in [2.45, 2.75) is 13.0 Å². The molecule has 2 aromatic carbocycles. The Hall–Kier alpha value is -2.62. The smallest absolute Gasteiger partial charge is 0.273 e. The minimum absolute atomic E-state index is 0.137. The zero-order valence-corrected chi connectivity index (χ0v) is 11.1. The van der Waals surface area contributed by atoms with Gasteiger partial charge in [0.25, 0.3) is 5.91 Å². The Bertz CT molecular complexity index is 734. The summed E-state index contributed by atoms with van der Waals surface area (Å²) < 4.78 is 7.18. The van der Waals surface area contributed by atoms with E-state index < -0.39 is 6.10 Å². The normalized spacial score (nSPS) is 12.2. The van der Waals surface area contributed by atoms with E-state index in [2.05, 4.69) is 4.98 Å². The summed E-state index contributed by atoms with van der Waals surface area (Å²) in [5, 5.41) is 0. The second kappa shape index (κ2) is 5.17. The summed E-state index contributed by atoms with van der Waals surface area (Å²) in [5.74, 6) is 0.542. The molecule has 1 unspecified atom stereocenters. The molecule has 4 nitrogen and oxygen atoms in total. The van der Waals surface area contributed by atoms with Crippen molar-refractivity contribution in [3.05, 3.63) is 60.9 Å². The van der Waals surface area contributed by atoms with E-state index in [9.17, 15) is 4.79 Å². The molecule has 4 heteroatoms. The van der Waals surface area contributed by atoms with Crippen LogP contribution in [0.25, 0.3) is 11.0 Å². The predicted molar refractivity (Wildman–Crippen MR) is 76.9 cm³/mol. The molecule has 1 atom stereocenters. The van der Waals surface area contributed by atoms with Crippen LogP contribution in [0, 0.1) is 0 Å². The maximum absolute atomic E-state index is 12.4. The Morgan fingerprint density at radius 3 is 2.60 bits per heavy atom. The number of nitrogens with zero attached hydrogens (tertiary/aromatic N) is 2. The zero-order valence-electron chi connectivity index (χ0n) is 11.1. The Morgan fingerprint density at radius 2 is 1.80 bits per heavy atom. The van der Waals surface area contributed by atoms with Gasteiger partial charge in [0.2, 0.25) is 0 Å². The first-order chi connectivity index (χ1) is 9.75. The van der Waals surface area contributed by atoms with E-state index in [4.69, 9.17) is 4.74 Å². The van der Waals surface area contributed by atoms with E-state index >= 15 is 0 Å². The predicted octanol–water partition coefficient (Wildman–Crippen LogP) is 3.14. The van der Waals surface area contributed by atoms with Crippen LogP contribution >= 0.6 is 0 Å².